The number of anilines is 2. The SMILES string of the molecule is Cc1cc2c(cc1C)N(C)C(=O)C(C)CN2. The highest BCUT2D eigenvalue weighted by Crippen LogP contribution is 2.31. The van der Waals surface area contributed by atoms with Crippen LogP contribution in [0.3, 0.4) is 0 Å². The van der Waals surface area contributed by atoms with Gasteiger partial charge in [-0.2, -0.15) is 0 Å². The van der Waals surface area contributed by atoms with Crippen molar-refractivity contribution in [3.8, 4) is 0 Å². The van der Waals surface area contributed by atoms with Crippen LogP contribution in [0.15, 0.2) is 12.1 Å². The Hall–Kier alpha value is -1.51. The summed E-state index contributed by atoms with van der Waals surface area (Å²) >= 11 is 0. The molecule has 0 radical (unpaired) electrons. The van der Waals surface area contributed by atoms with Crippen molar-refractivity contribution in [3.05, 3.63) is 23.3 Å². The first-order valence-electron chi connectivity index (χ1n) is 5.63. The molecule has 1 amide bonds. The van der Waals surface area contributed by atoms with Gasteiger partial charge >= 0.3 is 0 Å². The highest BCUT2D eigenvalue weighted by atomic mass is 16.2. The maximum atomic E-state index is 12.0. The average Bonchev–Trinajstić information content (AvgIpc) is 2.35. The minimum absolute atomic E-state index is 0.0259. The molecule has 3 heteroatoms. The fourth-order valence-electron chi connectivity index (χ4n) is 2.02. The van der Waals surface area contributed by atoms with Crippen LogP contribution in [0.25, 0.3) is 0 Å². The summed E-state index contributed by atoms with van der Waals surface area (Å²) in [5.41, 5.74) is 4.51. The number of aryl methyl sites for hydroxylation is 2. The van der Waals surface area contributed by atoms with Crippen molar-refractivity contribution in [3.63, 3.8) is 0 Å². The number of amides is 1. The van der Waals surface area contributed by atoms with Gasteiger partial charge in [-0.1, -0.05) is 6.92 Å². The summed E-state index contributed by atoms with van der Waals surface area (Å²) in [6, 6.07) is 4.19. The molecular weight excluding hydrogens is 200 g/mol. The van der Waals surface area contributed by atoms with Crippen molar-refractivity contribution in [1.29, 1.82) is 0 Å². The molecule has 1 aliphatic heterocycles. The molecule has 0 aliphatic carbocycles. The van der Waals surface area contributed by atoms with E-state index < -0.39 is 0 Å². The van der Waals surface area contributed by atoms with Gasteiger partial charge in [-0.15, -0.1) is 0 Å². The lowest BCUT2D eigenvalue weighted by Crippen LogP contribution is -2.31. The van der Waals surface area contributed by atoms with E-state index in [-0.39, 0.29) is 11.8 Å². The van der Waals surface area contributed by atoms with Crippen LogP contribution in [0.2, 0.25) is 0 Å². The van der Waals surface area contributed by atoms with Crippen LogP contribution >= 0.6 is 0 Å². The molecule has 3 nitrogen and oxygen atoms in total. The number of nitrogens with zero attached hydrogens (tertiary/aromatic N) is 1. The van der Waals surface area contributed by atoms with Crippen LogP contribution < -0.4 is 10.2 Å². The Morgan fingerprint density at radius 2 is 1.94 bits per heavy atom. The molecule has 0 fully saturated rings. The number of benzene rings is 1. The Morgan fingerprint density at radius 3 is 2.62 bits per heavy atom. The first kappa shape index (κ1) is 11.0. The second kappa shape index (κ2) is 3.81. The standard InChI is InChI=1S/C13H18N2O/c1-8-5-11-12(6-9(8)2)15(4)13(16)10(3)7-14-11/h5-6,10,14H,7H2,1-4H3. The van der Waals surface area contributed by atoms with Crippen LogP contribution in [0.1, 0.15) is 18.1 Å². The monoisotopic (exact) mass is 218 g/mol. The van der Waals surface area contributed by atoms with Crippen molar-refractivity contribution < 1.29 is 4.79 Å². The van der Waals surface area contributed by atoms with Gasteiger partial charge in [0.05, 0.1) is 17.3 Å². The van der Waals surface area contributed by atoms with E-state index in [1.165, 1.54) is 11.1 Å². The summed E-state index contributed by atoms with van der Waals surface area (Å²) < 4.78 is 0. The van der Waals surface area contributed by atoms with E-state index in [4.69, 9.17) is 0 Å². The smallest absolute Gasteiger partial charge is 0.231 e. The maximum Gasteiger partial charge on any atom is 0.231 e. The number of fused-ring (bicyclic) bond motifs is 1. The van der Waals surface area contributed by atoms with Gasteiger partial charge in [-0.3, -0.25) is 4.79 Å². The van der Waals surface area contributed by atoms with Crippen molar-refractivity contribution >= 4 is 17.3 Å². The van der Waals surface area contributed by atoms with Crippen LogP contribution in [0, 0.1) is 19.8 Å². The first-order valence-corrected chi connectivity index (χ1v) is 5.63. The van der Waals surface area contributed by atoms with Gasteiger partial charge in [0.2, 0.25) is 5.91 Å². The molecule has 16 heavy (non-hydrogen) atoms. The predicted octanol–water partition coefficient (Wildman–Crippen LogP) is 2.33. The molecule has 1 aromatic rings. The zero-order valence-corrected chi connectivity index (χ0v) is 10.3. The lowest BCUT2D eigenvalue weighted by atomic mass is 10.1. The zero-order valence-electron chi connectivity index (χ0n) is 10.3. The number of hydrogen-bond acceptors (Lipinski definition) is 2. The number of carbonyl (C=O) groups excluding carboxylic acids is 1. The van der Waals surface area contributed by atoms with Gasteiger partial charge < -0.3 is 10.2 Å². The quantitative estimate of drug-likeness (QED) is 0.725. The molecule has 2 rings (SSSR count). The molecule has 0 saturated heterocycles. The average molecular weight is 218 g/mol. The van der Waals surface area contributed by atoms with Crippen molar-refractivity contribution in [2.75, 3.05) is 23.8 Å². The first-order chi connectivity index (χ1) is 7.50. The third-order valence-corrected chi connectivity index (χ3v) is 3.32. The van der Waals surface area contributed by atoms with Gasteiger partial charge in [0.1, 0.15) is 0 Å². The summed E-state index contributed by atoms with van der Waals surface area (Å²) in [6.45, 7) is 6.83. The van der Waals surface area contributed by atoms with Gasteiger partial charge in [-0.25, -0.2) is 0 Å². The summed E-state index contributed by atoms with van der Waals surface area (Å²) in [7, 11) is 1.85. The Morgan fingerprint density at radius 1 is 1.31 bits per heavy atom. The Bertz CT molecular complexity index is 440. The normalized spacial score (nSPS) is 20.1. The molecule has 1 heterocycles. The Balaban J connectivity index is 2.53. The summed E-state index contributed by atoms with van der Waals surface area (Å²) in [6.07, 6.45) is 0. The van der Waals surface area contributed by atoms with Gasteiger partial charge in [-0.05, 0) is 37.1 Å². The van der Waals surface area contributed by atoms with Crippen LogP contribution in [0.5, 0.6) is 0 Å². The number of rotatable bonds is 0. The molecule has 86 valence electrons. The van der Waals surface area contributed by atoms with Crippen molar-refractivity contribution in [1.82, 2.24) is 0 Å². The van der Waals surface area contributed by atoms with Gasteiger partial charge in [0, 0.05) is 13.6 Å². The summed E-state index contributed by atoms with van der Waals surface area (Å²) in [5.74, 6) is 0.201. The lowest BCUT2D eigenvalue weighted by Gasteiger charge is -2.19. The second-order valence-electron chi connectivity index (χ2n) is 4.63. The minimum Gasteiger partial charge on any atom is -0.383 e. The van der Waals surface area contributed by atoms with Crippen LogP contribution in [-0.2, 0) is 4.79 Å². The molecule has 0 bridgehead atoms. The van der Waals surface area contributed by atoms with E-state index >= 15 is 0 Å². The molecule has 1 aromatic carbocycles. The fraction of sp³-hybridized carbons (Fsp3) is 0.462. The van der Waals surface area contributed by atoms with E-state index in [2.05, 4.69) is 31.3 Å². The fourth-order valence-corrected chi connectivity index (χ4v) is 2.02. The topological polar surface area (TPSA) is 32.3 Å². The van der Waals surface area contributed by atoms with Crippen molar-refractivity contribution in [2.45, 2.75) is 20.8 Å². The van der Waals surface area contributed by atoms with E-state index in [9.17, 15) is 4.79 Å². The predicted molar refractivity (Wildman–Crippen MR) is 67.0 cm³/mol. The van der Waals surface area contributed by atoms with Gasteiger partial charge in [0.15, 0.2) is 0 Å². The molecule has 0 saturated carbocycles. The van der Waals surface area contributed by atoms with E-state index in [1.807, 2.05) is 14.0 Å². The van der Waals surface area contributed by atoms with E-state index in [0.29, 0.717) is 6.54 Å². The molecule has 1 aliphatic rings. The Labute approximate surface area is 96.5 Å². The molecule has 0 spiro atoms. The number of nitrogens with one attached hydrogen (secondary N) is 1. The zero-order chi connectivity index (χ0) is 11.9. The summed E-state index contributed by atoms with van der Waals surface area (Å²) in [4.78, 5) is 13.7. The molecular formula is C13H18N2O. The number of hydrogen-bond donors (Lipinski definition) is 1. The minimum atomic E-state index is 0.0259. The summed E-state index contributed by atoms with van der Waals surface area (Å²) in [5, 5.41) is 3.34. The molecule has 1 N–H and O–H groups in total. The van der Waals surface area contributed by atoms with Crippen LogP contribution in [-0.4, -0.2) is 19.5 Å². The third-order valence-electron chi connectivity index (χ3n) is 3.32. The second-order valence-corrected chi connectivity index (χ2v) is 4.63. The van der Waals surface area contributed by atoms with E-state index in [1.54, 1.807) is 4.90 Å². The lowest BCUT2D eigenvalue weighted by molar-refractivity contribution is -0.121. The van der Waals surface area contributed by atoms with Crippen molar-refractivity contribution in [2.24, 2.45) is 5.92 Å². The molecule has 1 atom stereocenters. The highest BCUT2D eigenvalue weighted by molar-refractivity contribution is 5.99. The number of carbonyl (C=O) groups is 1. The Kier molecular flexibility index (Phi) is 2.62. The van der Waals surface area contributed by atoms with E-state index in [0.717, 1.165) is 11.4 Å². The highest BCUT2D eigenvalue weighted by Gasteiger charge is 2.24. The van der Waals surface area contributed by atoms with Crippen LogP contribution in [0.4, 0.5) is 11.4 Å². The van der Waals surface area contributed by atoms with Gasteiger partial charge in [0.25, 0.3) is 0 Å². The third kappa shape index (κ3) is 1.66. The molecule has 0 aromatic heterocycles. The largest absolute Gasteiger partial charge is 0.383 e. The maximum absolute atomic E-state index is 12.0. The molecule has 1 unspecified atom stereocenters.